The molecular formula is C12H14N4O2. The zero-order chi connectivity index (χ0) is 13.1. The van der Waals surface area contributed by atoms with E-state index >= 15 is 0 Å². The van der Waals surface area contributed by atoms with Crippen molar-refractivity contribution in [2.45, 2.75) is 6.42 Å². The van der Waals surface area contributed by atoms with Gasteiger partial charge in [-0.15, -0.1) is 0 Å². The van der Waals surface area contributed by atoms with Crippen LogP contribution in [0.15, 0.2) is 24.4 Å². The lowest BCUT2D eigenvalue weighted by molar-refractivity contribution is 0.407. The maximum Gasteiger partial charge on any atom is 0.221 e. The van der Waals surface area contributed by atoms with Gasteiger partial charge in [-0.25, -0.2) is 4.98 Å². The Bertz CT molecular complexity index is 572. The van der Waals surface area contributed by atoms with E-state index in [1.54, 1.807) is 31.5 Å². The van der Waals surface area contributed by atoms with Gasteiger partial charge in [0.25, 0.3) is 0 Å². The molecule has 6 nitrogen and oxygen atoms in total. The number of anilines is 2. The average Bonchev–Trinajstić information content (AvgIpc) is 2.33. The molecule has 2 aromatic rings. The highest BCUT2D eigenvalue weighted by Crippen LogP contribution is 2.26. The number of rotatable bonds is 3. The number of hydrogen-bond donors (Lipinski definition) is 3. The number of aromatic nitrogens is 2. The minimum atomic E-state index is 0.138. The maximum atomic E-state index is 9.49. The third-order valence-corrected chi connectivity index (χ3v) is 2.56. The third-order valence-electron chi connectivity index (χ3n) is 2.56. The van der Waals surface area contributed by atoms with E-state index in [0.717, 1.165) is 11.1 Å². The predicted molar refractivity (Wildman–Crippen MR) is 68.3 cm³/mol. The Labute approximate surface area is 104 Å². The van der Waals surface area contributed by atoms with Crippen molar-refractivity contribution in [3.63, 3.8) is 0 Å². The molecule has 0 aliphatic rings. The summed E-state index contributed by atoms with van der Waals surface area (Å²) < 4.78 is 5.22. The molecule has 0 atom stereocenters. The van der Waals surface area contributed by atoms with Crippen LogP contribution < -0.4 is 16.2 Å². The SMILES string of the molecule is COc1ccc(O)cc1Cc1cnc(N)nc1N. The quantitative estimate of drug-likeness (QED) is 0.744. The summed E-state index contributed by atoms with van der Waals surface area (Å²) in [5.41, 5.74) is 12.7. The van der Waals surface area contributed by atoms with E-state index in [-0.39, 0.29) is 11.7 Å². The first-order chi connectivity index (χ1) is 8.60. The molecule has 0 aliphatic heterocycles. The van der Waals surface area contributed by atoms with E-state index in [9.17, 15) is 5.11 Å². The monoisotopic (exact) mass is 246 g/mol. The number of nitrogen functional groups attached to an aromatic ring is 2. The molecule has 6 heteroatoms. The summed E-state index contributed by atoms with van der Waals surface area (Å²) in [7, 11) is 1.57. The van der Waals surface area contributed by atoms with Gasteiger partial charge in [0.15, 0.2) is 0 Å². The predicted octanol–water partition coefficient (Wildman–Crippen LogP) is 0.946. The first kappa shape index (κ1) is 12.0. The van der Waals surface area contributed by atoms with Crippen LogP contribution in [0.3, 0.4) is 0 Å². The van der Waals surface area contributed by atoms with Crippen molar-refractivity contribution in [2.75, 3.05) is 18.6 Å². The Hall–Kier alpha value is -2.50. The second kappa shape index (κ2) is 4.79. The van der Waals surface area contributed by atoms with Gasteiger partial charge in [0.1, 0.15) is 17.3 Å². The van der Waals surface area contributed by atoms with Gasteiger partial charge in [0, 0.05) is 23.7 Å². The molecule has 0 amide bonds. The number of nitrogens with zero attached hydrogens (tertiary/aromatic N) is 2. The Kier molecular flexibility index (Phi) is 3.18. The van der Waals surface area contributed by atoms with Crippen LogP contribution in [-0.4, -0.2) is 22.2 Å². The largest absolute Gasteiger partial charge is 0.508 e. The lowest BCUT2D eigenvalue weighted by Gasteiger charge is -2.10. The fourth-order valence-electron chi connectivity index (χ4n) is 1.68. The van der Waals surface area contributed by atoms with Crippen molar-refractivity contribution >= 4 is 11.8 Å². The van der Waals surface area contributed by atoms with E-state index in [2.05, 4.69) is 9.97 Å². The number of nitrogens with two attached hydrogens (primary N) is 2. The van der Waals surface area contributed by atoms with E-state index in [1.165, 1.54) is 0 Å². The molecule has 1 aromatic carbocycles. The molecule has 0 aliphatic carbocycles. The Morgan fingerprint density at radius 1 is 1.28 bits per heavy atom. The summed E-state index contributed by atoms with van der Waals surface area (Å²) in [6.45, 7) is 0. The summed E-state index contributed by atoms with van der Waals surface area (Å²) in [6, 6.07) is 4.87. The first-order valence-electron chi connectivity index (χ1n) is 5.33. The van der Waals surface area contributed by atoms with Gasteiger partial charge < -0.3 is 21.3 Å². The van der Waals surface area contributed by atoms with Gasteiger partial charge >= 0.3 is 0 Å². The molecule has 0 bridgehead atoms. The molecule has 18 heavy (non-hydrogen) atoms. The van der Waals surface area contributed by atoms with Crippen molar-refractivity contribution < 1.29 is 9.84 Å². The summed E-state index contributed by atoms with van der Waals surface area (Å²) in [5.74, 6) is 1.30. The number of methoxy groups -OCH3 is 1. The highest BCUT2D eigenvalue weighted by atomic mass is 16.5. The standard InChI is InChI=1S/C12H14N4O2/c1-18-10-3-2-9(17)5-7(10)4-8-6-15-12(14)16-11(8)13/h2-3,5-6,17H,4H2,1H3,(H4,13,14,15,16). The van der Waals surface area contributed by atoms with Gasteiger partial charge in [-0.05, 0) is 18.2 Å². The van der Waals surface area contributed by atoms with Gasteiger partial charge in [0.05, 0.1) is 7.11 Å². The van der Waals surface area contributed by atoms with Crippen molar-refractivity contribution in [3.8, 4) is 11.5 Å². The Balaban J connectivity index is 2.36. The van der Waals surface area contributed by atoms with E-state index in [4.69, 9.17) is 16.2 Å². The van der Waals surface area contributed by atoms with E-state index < -0.39 is 0 Å². The van der Waals surface area contributed by atoms with Gasteiger partial charge in [-0.3, -0.25) is 0 Å². The normalized spacial score (nSPS) is 10.3. The molecule has 94 valence electrons. The molecule has 0 fully saturated rings. The number of ether oxygens (including phenoxy) is 1. The van der Waals surface area contributed by atoms with Crippen LogP contribution in [0.25, 0.3) is 0 Å². The molecule has 2 rings (SSSR count). The van der Waals surface area contributed by atoms with Crippen molar-refractivity contribution in [3.05, 3.63) is 35.5 Å². The zero-order valence-corrected chi connectivity index (χ0v) is 9.92. The molecule has 0 saturated carbocycles. The van der Waals surface area contributed by atoms with Crippen molar-refractivity contribution in [1.29, 1.82) is 0 Å². The van der Waals surface area contributed by atoms with E-state index in [0.29, 0.717) is 18.0 Å². The van der Waals surface area contributed by atoms with E-state index in [1.807, 2.05) is 0 Å². The minimum Gasteiger partial charge on any atom is -0.508 e. The van der Waals surface area contributed by atoms with Crippen LogP contribution >= 0.6 is 0 Å². The maximum absolute atomic E-state index is 9.49. The lowest BCUT2D eigenvalue weighted by Crippen LogP contribution is -2.04. The molecule has 1 heterocycles. The summed E-state index contributed by atoms with van der Waals surface area (Å²) in [4.78, 5) is 7.79. The lowest BCUT2D eigenvalue weighted by atomic mass is 10.1. The molecule has 0 radical (unpaired) electrons. The molecular weight excluding hydrogens is 232 g/mol. The third kappa shape index (κ3) is 2.42. The van der Waals surface area contributed by atoms with Crippen LogP contribution in [0.1, 0.15) is 11.1 Å². The fraction of sp³-hybridized carbons (Fsp3) is 0.167. The zero-order valence-electron chi connectivity index (χ0n) is 9.92. The van der Waals surface area contributed by atoms with Crippen LogP contribution in [0.4, 0.5) is 11.8 Å². The average molecular weight is 246 g/mol. The first-order valence-corrected chi connectivity index (χ1v) is 5.33. The second-order valence-electron chi connectivity index (χ2n) is 3.81. The number of phenolic OH excluding ortho intramolecular Hbond substituents is 1. The summed E-state index contributed by atoms with van der Waals surface area (Å²) >= 11 is 0. The summed E-state index contributed by atoms with van der Waals surface area (Å²) in [5, 5.41) is 9.49. The number of phenols is 1. The van der Waals surface area contributed by atoms with Crippen LogP contribution in [-0.2, 0) is 6.42 Å². The van der Waals surface area contributed by atoms with Crippen LogP contribution in [0.5, 0.6) is 11.5 Å². The van der Waals surface area contributed by atoms with Crippen molar-refractivity contribution in [1.82, 2.24) is 9.97 Å². The number of hydrogen-bond acceptors (Lipinski definition) is 6. The fourth-order valence-corrected chi connectivity index (χ4v) is 1.68. The van der Waals surface area contributed by atoms with Gasteiger partial charge in [0.2, 0.25) is 5.95 Å². The molecule has 5 N–H and O–H groups in total. The van der Waals surface area contributed by atoms with Gasteiger partial charge in [-0.2, -0.15) is 4.98 Å². The number of benzene rings is 1. The van der Waals surface area contributed by atoms with Crippen LogP contribution in [0.2, 0.25) is 0 Å². The molecule has 0 spiro atoms. The molecule has 1 aromatic heterocycles. The number of aromatic hydroxyl groups is 1. The molecule has 0 saturated heterocycles. The van der Waals surface area contributed by atoms with Gasteiger partial charge in [-0.1, -0.05) is 0 Å². The highest BCUT2D eigenvalue weighted by molar-refractivity contribution is 5.48. The summed E-state index contributed by atoms with van der Waals surface area (Å²) in [6.07, 6.45) is 2.03. The second-order valence-corrected chi connectivity index (χ2v) is 3.81. The topological polar surface area (TPSA) is 107 Å². The highest BCUT2D eigenvalue weighted by Gasteiger charge is 2.09. The Morgan fingerprint density at radius 3 is 2.72 bits per heavy atom. The van der Waals surface area contributed by atoms with Crippen LogP contribution in [0, 0.1) is 0 Å². The smallest absolute Gasteiger partial charge is 0.221 e. The molecule has 0 unspecified atom stereocenters. The Morgan fingerprint density at radius 2 is 2.06 bits per heavy atom. The van der Waals surface area contributed by atoms with Crippen molar-refractivity contribution in [2.24, 2.45) is 0 Å². The minimum absolute atomic E-state index is 0.138.